The fourth-order valence-corrected chi connectivity index (χ4v) is 4.32. The molecule has 0 spiro atoms. The molecule has 102 valence electrons. The number of thioether (sulfide) groups is 1. The Hall–Kier alpha value is -1.59. The van der Waals surface area contributed by atoms with Gasteiger partial charge in [-0.25, -0.2) is 4.79 Å². The fourth-order valence-electron chi connectivity index (χ4n) is 1.99. The van der Waals surface area contributed by atoms with E-state index in [2.05, 4.69) is 18.8 Å². The van der Waals surface area contributed by atoms with Gasteiger partial charge in [0, 0.05) is 21.7 Å². The first-order valence-corrected chi connectivity index (χ1v) is 8.01. The summed E-state index contributed by atoms with van der Waals surface area (Å²) in [7, 11) is 0. The molecular formula is C15H13NO2S2. The van der Waals surface area contributed by atoms with Gasteiger partial charge in [0.1, 0.15) is 5.75 Å². The number of rotatable bonds is 2. The summed E-state index contributed by atoms with van der Waals surface area (Å²) in [6.07, 6.45) is 5.12. The van der Waals surface area contributed by atoms with Gasteiger partial charge in [-0.3, -0.25) is 4.98 Å². The SMILES string of the molecule is Cc1sc2c(c1C)CSC(C(=O)Oc1cccnc1)=C2. The van der Waals surface area contributed by atoms with Crippen LogP contribution in [-0.2, 0) is 10.5 Å². The molecule has 0 aliphatic carbocycles. The molecule has 3 heterocycles. The number of esters is 1. The largest absolute Gasteiger partial charge is 0.421 e. The highest BCUT2D eigenvalue weighted by Crippen LogP contribution is 2.39. The van der Waals surface area contributed by atoms with Crippen LogP contribution in [0.5, 0.6) is 5.75 Å². The summed E-state index contributed by atoms with van der Waals surface area (Å²) in [5.41, 5.74) is 2.68. The average Bonchev–Trinajstić information content (AvgIpc) is 2.74. The molecule has 0 unspecified atom stereocenters. The summed E-state index contributed by atoms with van der Waals surface area (Å²) in [6, 6.07) is 3.47. The Kier molecular flexibility index (Phi) is 3.63. The van der Waals surface area contributed by atoms with Crippen LogP contribution >= 0.6 is 23.1 Å². The monoisotopic (exact) mass is 303 g/mol. The van der Waals surface area contributed by atoms with E-state index in [4.69, 9.17) is 4.74 Å². The van der Waals surface area contributed by atoms with Gasteiger partial charge in [-0.15, -0.1) is 23.1 Å². The quantitative estimate of drug-likeness (QED) is 0.787. The van der Waals surface area contributed by atoms with E-state index < -0.39 is 0 Å². The van der Waals surface area contributed by atoms with Gasteiger partial charge in [0.2, 0.25) is 0 Å². The number of ether oxygens (including phenoxy) is 1. The van der Waals surface area contributed by atoms with E-state index in [0.717, 1.165) is 5.75 Å². The van der Waals surface area contributed by atoms with Crippen molar-refractivity contribution in [3.8, 4) is 5.75 Å². The van der Waals surface area contributed by atoms with Gasteiger partial charge in [-0.2, -0.15) is 0 Å². The zero-order valence-electron chi connectivity index (χ0n) is 11.2. The third-order valence-electron chi connectivity index (χ3n) is 3.22. The van der Waals surface area contributed by atoms with E-state index in [9.17, 15) is 4.79 Å². The highest BCUT2D eigenvalue weighted by atomic mass is 32.2. The van der Waals surface area contributed by atoms with Crippen molar-refractivity contribution >= 4 is 35.1 Å². The lowest BCUT2D eigenvalue weighted by molar-refractivity contribution is -0.129. The van der Waals surface area contributed by atoms with E-state index >= 15 is 0 Å². The Morgan fingerprint density at radius 3 is 3.00 bits per heavy atom. The lowest BCUT2D eigenvalue weighted by Gasteiger charge is -2.12. The second-order valence-corrected chi connectivity index (χ2v) is 6.78. The average molecular weight is 303 g/mol. The Morgan fingerprint density at radius 2 is 2.25 bits per heavy atom. The van der Waals surface area contributed by atoms with Gasteiger partial charge < -0.3 is 4.74 Å². The molecule has 0 saturated carbocycles. The van der Waals surface area contributed by atoms with Crippen molar-refractivity contribution in [2.75, 3.05) is 0 Å². The number of aromatic nitrogens is 1. The van der Waals surface area contributed by atoms with Crippen LogP contribution in [-0.4, -0.2) is 11.0 Å². The maximum atomic E-state index is 12.1. The standard InChI is InChI=1S/C15H13NO2S2/c1-9-10(2)20-13-6-14(19-8-12(9)13)15(17)18-11-4-3-5-16-7-11/h3-7H,8H2,1-2H3. The van der Waals surface area contributed by atoms with Gasteiger partial charge in [0.15, 0.2) is 0 Å². The number of hydrogen-bond donors (Lipinski definition) is 0. The number of hydrogen-bond acceptors (Lipinski definition) is 5. The smallest absolute Gasteiger partial charge is 0.350 e. The van der Waals surface area contributed by atoms with E-state index in [1.54, 1.807) is 29.7 Å². The lowest BCUT2D eigenvalue weighted by Crippen LogP contribution is -2.11. The van der Waals surface area contributed by atoms with Crippen molar-refractivity contribution in [1.29, 1.82) is 0 Å². The molecule has 1 aliphatic heterocycles. The van der Waals surface area contributed by atoms with Crippen LogP contribution in [0.2, 0.25) is 0 Å². The second kappa shape index (κ2) is 5.42. The van der Waals surface area contributed by atoms with Gasteiger partial charge in [0.25, 0.3) is 0 Å². The van der Waals surface area contributed by atoms with Crippen molar-refractivity contribution in [2.45, 2.75) is 19.6 Å². The van der Waals surface area contributed by atoms with E-state index in [1.165, 1.54) is 38.8 Å². The third kappa shape index (κ3) is 2.51. The summed E-state index contributed by atoms with van der Waals surface area (Å²) in [5.74, 6) is 1.00. The van der Waals surface area contributed by atoms with Crippen LogP contribution in [0.3, 0.4) is 0 Å². The molecule has 3 rings (SSSR count). The van der Waals surface area contributed by atoms with Crippen LogP contribution in [0.15, 0.2) is 29.4 Å². The molecule has 0 aromatic carbocycles. The number of pyridine rings is 1. The first kappa shape index (κ1) is 13.4. The molecule has 5 heteroatoms. The third-order valence-corrected chi connectivity index (χ3v) is 5.45. The minimum Gasteiger partial charge on any atom is -0.421 e. The van der Waals surface area contributed by atoms with Gasteiger partial charge >= 0.3 is 5.97 Å². The van der Waals surface area contributed by atoms with Crippen molar-refractivity contribution in [3.05, 3.63) is 50.3 Å². The van der Waals surface area contributed by atoms with E-state index in [1.807, 2.05) is 6.08 Å². The minimum atomic E-state index is -0.308. The number of nitrogens with zero attached hydrogens (tertiary/aromatic N) is 1. The number of aryl methyl sites for hydroxylation is 1. The molecule has 0 saturated heterocycles. The zero-order valence-corrected chi connectivity index (χ0v) is 12.8. The molecule has 0 N–H and O–H groups in total. The topological polar surface area (TPSA) is 39.2 Å². The van der Waals surface area contributed by atoms with Crippen molar-refractivity contribution in [3.63, 3.8) is 0 Å². The second-order valence-electron chi connectivity index (χ2n) is 4.50. The Labute approximate surface area is 125 Å². The molecule has 0 amide bonds. The van der Waals surface area contributed by atoms with Gasteiger partial charge in [-0.05, 0) is 43.2 Å². The van der Waals surface area contributed by atoms with Gasteiger partial charge in [-0.1, -0.05) is 0 Å². The summed E-state index contributed by atoms with van der Waals surface area (Å²) < 4.78 is 5.32. The molecule has 0 radical (unpaired) electrons. The fraction of sp³-hybridized carbons (Fsp3) is 0.200. The molecule has 0 atom stereocenters. The Morgan fingerprint density at radius 1 is 1.40 bits per heavy atom. The number of carbonyl (C=O) groups excluding carboxylic acids is 1. The number of carbonyl (C=O) groups is 1. The predicted molar refractivity (Wildman–Crippen MR) is 82.9 cm³/mol. The van der Waals surface area contributed by atoms with Crippen LogP contribution < -0.4 is 4.74 Å². The molecule has 0 fully saturated rings. The molecule has 3 nitrogen and oxygen atoms in total. The van der Waals surface area contributed by atoms with Crippen molar-refractivity contribution in [2.24, 2.45) is 0 Å². The number of thiophene rings is 1. The molecule has 2 aromatic heterocycles. The first-order valence-electron chi connectivity index (χ1n) is 6.20. The summed E-state index contributed by atoms with van der Waals surface area (Å²) in [4.78, 5) is 19.2. The number of fused-ring (bicyclic) bond motifs is 1. The molecular weight excluding hydrogens is 290 g/mol. The summed E-state index contributed by atoms with van der Waals surface area (Å²) >= 11 is 3.27. The lowest BCUT2D eigenvalue weighted by atomic mass is 10.1. The maximum absolute atomic E-state index is 12.1. The molecule has 0 bridgehead atoms. The van der Waals surface area contributed by atoms with Crippen molar-refractivity contribution < 1.29 is 9.53 Å². The van der Waals surface area contributed by atoms with Crippen LogP contribution in [0.4, 0.5) is 0 Å². The molecule has 2 aromatic rings. The highest BCUT2D eigenvalue weighted by molar-refractivity contribution is 8.03. The van der Waals surface area contributed by atoms with E-state index in [0.29, 0.717) is 10.7 Å². The van der Waals surface area contributed by atoms with Crippen LogP contribution in [0.25, 0.3) is 6.08 Å². The van der Waals surface area contributed by atoms with Crippen LogP contribution in [0.1, 0.15) is 20.9 Å². The summed E-state index contributed by atoms with van der Waals surface area (Å²) in [5, 5.41) is 0. The summed E-state index contributed by atoms with van der Waals surface area (Å²) in [6.45, 7) is 4.25. The Bertz CT molecular complexity index is 689. The zero-order chi connectivity index (χ0) is 14.1. The Balaban J connectivity index is 1.83. The van der Waals surface area contributed by atoms with Gasteiger partial charge in [0.05, 0.1) is 11.1 Å². The minimum absolute atomic E-state index is 0.308. The van der Waals surface area contributed by atoms with Crippen LogP contribution in [0, 0.1) is 13.8 Å². The molecule has 20 heavy (non-hydrogen) atoms. The highest BCUT2D eigenvalue weighted by Gasteiger charge is 2.22. The first-order chi connectivity index (χ1) is 9.65. The van der Waals surface area contributed by atoms with Crippen molar-refractivity contribution in [1.82, 2.24) is 4.98 Å². The predicted octanol–water partition coefficient (Wildman–Crippen LogP) is 3.95. The normalized spacial score (nSPS) is 13.6. The molecule has 1 aliphatic rings. The maximum Gasteiger partial charge on any atom is 0.350 e. The van der Waals surface area contributed by atoms with E-state index in [-0.39, 0.29) is 5.97 Å².